The molecule has 1 aromatic rings. The van der Waals surface area contributed by atoms with Crippen molar-refractivity contribution in [1.82, 2.24) is 4.98 Å². The van der Waals surface area contributed by atoms with Crippen molar-refractivity contribution in [2.24, 2.45) is 11.8 Å². The Morgan fingerprint density at radius 2 is 1.75 bits per heavy atom. The van der Waals surface area contributed by atoms with Crippen molar-refractivity contribution in [3.05, 3.63) is 68.6 Å². The highest BCUT2D eigenvalue weighted by atomic mass is 16.5. The van der Waals surface area contributed by atoms with Crippen LogP contribution in [0.4, 0.5) is 0 Å². The van der Waals surface area contributed by atoms with Gasteiger partial charge in [-0.05, 0) is 45.6 Å². The number of aromatic nitrogens is 1. The van der Waals surface area contributed by atoms with Gasteiger partial charge in [0.1, 0.15) is 0 Å². The molecular formula is C27H41NO4. The Morgan fingerprint density at radius 1 is 1.09 bits per heavy atom. The number of methoxy groups -OCH3 is 2. The van der Waals surface area contributed by atoms with Crippen molar-refractivity contribution in [3.63, 3.8) is 0 Å². The van der Waals surface area contributed by atoms with Gasteiger partial charge in [0.2, 0.25) is 17.1 Å². The standard InChI is InChI=1S/C27H41NO4/c1-17(2)15-20(5)24(29)21(6)16-19(4)12-10-11-18(3)13-14-23-22(7)25(30)26(31-8)27(28-23)32-9/h10,12-13,15-17,21,24,29H,11,14H2,1-9H3,(H,28,30)/b12-10+,18-13+,19-16+,20-15+/t21-,24+/m1/s1. The number of ether oxygens (including phenoxy) is 2. The normalized spacial score (nSPS) is 15.4. The summed E-state index contributed by atoms with van der Waals surface area (Å²) in [7, 11) is 2.97. The van der Waals surface area contributed by atoms with Gasteiger partial charge in [0.05, 0.1) is 20.3 Å². The number of aliphatic hydroxyl groups is 1. The van der Waals surface area contributed by atoms with E-state index < -0.39 is 6.10 Å². The SMILES string of the molecule is COc1[nH]c(C/C=C(\C)C/C=C/C(C)=C/[C@@H](C)[C@@H](O)/C(C)=C/C(C)C)c(C)c(=O)c1OC. The first-order valence-electron chi connectivity index (χ1n) is 11.2. The van der Waals surface area contributed by atoms with Gasteiger partial charge in [-0.15, -0.1) is 0 Å². The molecule has 0 aliphatic heterocycles. The summed E-state index contributed by atoms with van der Waals surface area (Å²) in [4.78, 5) is 15.6. The van der Waals surface area contributed by atoms with Gasteiger partial charge in [-0.1, -0.05) is 62.3 Å². The summed E-state index contributed by atoms with van der Waals surface area (Å²) in [6, 6.07) is 0. The monoisotopic (exact) mass is 443 g/mol. The van der Waals surface area contributed by atoms with Crippen LogP contribution in [-0.4, -0.2) is 30.4 Å². The van der Waals surface area contributed by atoms with Gasteiger partial charge >= 0.3 is 0 Å². The Morgan fingerprint density at radius 3 is 2.31 bits per heavy atom. The van der Waals surface area contributed by atoms with Gasteiger partial charge in [0.15, 0.2) is 0 Å². The lowest BCUT2D eigenvalue weighted by molar-refractivity contribution is 0.172. The fourth-order valence-electron chi connectivity index (χ4n) is 3.62. The summed E-state index contributed by atoms with van der Waals surface area (Å²) >= 11 is 0. The summed E-state index contributed by atoms with van der Waals surface area (Å²) in [6.45, 7) is 14.2. The molecule has 0 amide bonds. The number of nitrogens with one attached hydrogen (secondary N) is 1. The molecule has 1 heterocycles. The Bertz CT molecular complexity index is 932. The van der Waals surface area contributed by atoms with Crippen LogP contribution in [0.15, 0.2) is 51.9 Å². The number of allylic oxidation sites excluding steroid dienone is 6. The van der Waals surface area contributed by atoms with Gasteiger partial charge in [-0.25, -0.2) is 0 Å². The lowest BCUT2D eigenvalue weighted by atomic mass is 9.94. The minimum absolute atomic E-state index is 0.0520. The maximum absolute atomic E-state index is 12.4. The number of rotatable bonds is 11. The summed E-state index contributed by atoms with van der Waals surface area (Å²) in [5.41, 5.74) is 4.65. The molecule has 0 spiro atoms. The van der Waals surface area contributed by atoms with Crippen LogP contribution in [0.5, 0.6) is 11.6 Å². The summed E-state index contributed by atoms with van der Waals surface area (Å²) < 4.78 is 10.4. The van der Waals surface area contributed by atoms with E-state index >= 15 is 0 Å². The molecule has 0 saturated heterocycles. The van der Waals surface area contributed by atoms with E-state index in [2.05, 4.69) is 63.1 Å². The average molecular weight is 444 g/mol. The Labute approximate surface area is 193 Å². The minimum Gasteiger partial charge on any atom is -0.488 e. The van der Waals surface area contributed by atoms with Crippen LogP contribution in [0.2, 0.25) is 0 Å². The molecule has 0 bridgehead atoms. The summed E-state index contributed by atoms with van der Waals surface area (Å²) in [5.74, 6) is 1.03. The minimum atomic E-state index is -0.464. The van der Waals surface area contributed by atoms with Crippen LogP contribution >= 0.6 is 0 Å². The van der Waals surface area contributed by atoms with Crippen LogP contribution in [0.25, 0.3) is 0 Å². The highest BCUT2D eigenvalue weighted by Crippen LogP contribution is 2.22. The number of aromatic amines is 1. The van der Waals surface area contributed by atoms with E-state index in [0.717, 1.165) is 23.3 Å². The van der Waals surface area contributed by atoms with Crippen molar-refractivity contribution < 1.29 is 14.6 Å². The first-order chi connectivity index (χ1) is 15.0. The molecule has 2 N–H and O–H groups in total. The van der Waals surface area contributed by atoms with Crippen LogP contribution in [0.3, 0.4) is 0 Å². The predicted octanol–water partition coefficient (Wildman–Crippen LogP) is 5.68. The zero-order valence-electron chi connectivity index (χ0n) is 21.2. The maximum atomic E-state index is 12.4. The molecule has 1 rings (SSSR count). The second-order valence-corrected chi connectivity index (χ2v) is 8.85. The Hall–Kier alpha value is -2.53. The highest BCUT2D eigenvalue weighted by Gasteiger charge is 2.15. The van der Waals surface area contributed by atoms with Crippen molar-refractivity contribution in [1.29, 1.82) is 0 Å². The van der Waals surface area contributed by atoms with E-state index in [1.807, 2.05) is 13.8 Å². The molecule has 32 heavy (non-hydrogen) atoms. The lowest BCUT2D eigenvalue weighted by Gasteiger charge is -2.18. The third-order valence-electron chi connectivity index (χ3n) is 5.44. The molecular weight excluding hydrogens is 402 g/mol. The quantitative estimate of drug-likeness (QED) is 0.341. The topological polar surface area (TPSA) is 71.5 Å². The molecule has 5 heteroatoms. The molecule has 0 unspecified atom stereocenters. The number of aliphatic hydroxyl groups excluding tert-OH is 1. The molecule has 0 aromatic carbocycles. The van der Waals surface area contributed by atoms with Crippen LogP contribution in [0, 0.1) is 18.8 Å². The second-order valence-electron chi connectivity index (χ2n) is 8.85. The summed E-state index contributed by atoms with van der Waals surface area (Å²) in [5, 5.41) is 10.5. The van der Waals surface area contributed by atoms with E-state index in [9.17, 15) is 9.90 Å². The average Bonchev–Trinajstić information content (AvgIpc) is 2.73. The fraction of sp³-hybridized carbons (Fsp3) is 0.519. The van der Waals surface area contributed by atoms with Crippen molar-refractivity contribution in [3.8, 4) is 11.6 Å². The maximum Gasteiger partial charge on any atom is 0.238 e. The smallest absolute Gasteiger partial charge is 0.238 e. The highest BCUT2D eigenvalue weighted by molar-refractivity contribution is 5.40. The molecule has 0 fully saturated rings. The van der Waals surface area contributed by atoms with Crippen molar-refractivity contribution in [2.75, 3.05) is 14.2 Å². The largest absolute Gasteiger partial charge is 0.488 e. The van der Waals surface area contributed by atoms with Gasteiger partial charge in [-0.2, -0.15) is 0 Å². The molecule has 5 nitrogen and oxygen atoms in total. The second kappa shape index (κ2) is 13.1. The number of H-pyrrole nitrogens is 1. The molecule has 1 aromatic heterocycles. The lowest BCUT2D eigenvalue weighted by Crippen LogP contribution is -2.17. The third-order valence-corrected chi connectivity index (χ3v) is 5.44. The van der Waals surface area contributed by atoms with Crippen LogP contribution in [0.1, 0.15) is 59.2 Å². The van der Waals surface area contributed by atoms with Crippen LogP contribution in [-0.2, 0) is 6.42 Å². The van der Waals surface area contributed by atoms with E-state index in [4.69, 9.17) is 9.47 Å². The zero-order chi connectivity index (χ0) is 24.4. The molecule has 2 atom stereocenters. The van der Waals surface area contributed by atoms with E-state index in [1.54, 1.807) is 6.92 Å². The number of pyridine rings is 1. The van der Waals surface area contributed by atoms with Gasteiger partial charge in [0, 0.05) is 23.6 Å². The van der Waals surface area contributed by atoms with Crippen molar-refractivity contribution in [2.45, 2.75) is 67.4 Å². The Balaban J connectivity index is 2.80. The van der Waals surface area contributed by atoms with Crippen LogP contribution < -0.4 is 14.9 Å². The molecule has 178 valence electrons. The molecule has 0 aliphatic carbocycles. The van der Waals surface area contributed by atoms with Gasteiger partial charge in [0.25, 0.3) is 0 Å². The third kappa shape index (κ3) is 8.19. The predicted molar refractivity (Wildman–Crippen MR) is 134 cm³/mol. The number of hydrogen-bond donors (Lipinski definition) is 2. The van der Waals surface area contributed by atoms with Gasteiger partial charge in [-0.3, -0.25) is 4.79 Å². The van der Waals surface area contributed by atoms with E-state index in [-0.39, 0.29) is 17.1 Å². The molecule has 0 saturated carbocycles. The summed E-state index contributed by atoms with van der Waals surface area (Å²) in [6.07, 6.45) is 11.5. The molecule has 0 radical (unpaired) electrons. The Kier molecular flexibility index (Phi) is 11.3. The number of hydrogen-bond acceptors (Lipinski definition) is 4. The van der Waals surface area contributed by atoms with Gasteiger partial charge < -0.3 is 19.6 Å². The van der Waals surface area contributed by atoms with Crippen molar-refractivity contribution >= 4 is 0 Å². The molecule has 0 aliphatic rings. The first kappa shape index (κ1) is 27.5. The van der Waals surface area contributed by atoms with E-state index in [1.165, 1.54) is 19.8 Å². The van der Waals surface area contributed by atoms with E-state index in [0.29, 0.717) is 23.8 Å². The first-order valence-corrected chi connectivity index (χ1v) is 11.2. The fourth-order valence-corrected chi connectivity index (χ4v) is 3.62. The zero-order valence-corrected chi connectivity index (χ0v) is 21.2.